The average molecular weight is 380 g/mol. The quantitative estimate of drug-likeness (QED) is 0.571. The molecule has 2 N–H and O–H groups in total. The van der Waals surface area contributed by atoms with Crippen molar-refractivity contribution in [3.63, 3.8) is 0 Å². The lowest BCUT2D eigenvalue weighted by Crippen LogP contribution is -2.25. The van der Waals surface area contributed by atoms with Gasteiger partial charge in [-0.3, -0.25) is 4.79 Å². The smallest absolute Gasteiger partial charge is 0.331 e. The number of benzene rings is 1. The number of aromatic nitrogens is 1. The van der Waals surface area contributed by atoms with Gasteiger partial charge in [-0.15, -0.1) is 11.3 Å². The highest BCUT2D eigenvalue weighted by Crippen LogP contribution is 2.34. The molecular formula is C17H18F2N4O2S. The molecule has 3 rings (SSSR count). The second-order valence-electron chi connectivity index (χ2n) is 6.08. The highest BCUT2D eigenvalue weighted by atomic mass is 32.1. The predicted molar refractivity (Wildman–Crippen MR) is 96.8 cm³/mol. The van der Waals surface area contributed by atoms with E-state index in [1.165, 1.54) is 11.3 Å². The van der Waals surface area contributed by atoms with E-state index in [1.807, 2.05) is 6.92 Å². The van der Waals surface area contributed by atoms with E-state index in [2.05, 4.69) is 15.3 Å². The van der Waals surface area contributed by atoms with Gasteiger partial charge in [0.15, 0.2) is 0 Å². The van der Waals surface area contributed by atoms with Crippen molar-refractivity contribution in [2.75, 3.05) is 6.54 Å². The van der Waals surface area contributed by atoms with Crippen LogP contribution in [0.15, 0.2) is 22.6 Å². The maximum atomic E-state index is 12.4. The SMILES string of the molecule is CC(Oc1cc(C(C=N)C=NC(F)F)cc2ncsc12)C1CNC(=O)C1. The van der Waals surface area contributed by atoms with Crippen LogP contribution in [0.4, 0.5) is 8.78 Å². The van der Waals surface area contributed by atoms with Gasteiger partial charge in [0, 0.05) is 31.3 Å². The van der Waals surface area contributed by atoms with Crippen molar-refractivity contribution in [1.29, 1.82) is 5.41 Å². The van der Waals surface area contributed by atoms with Crippen molar-refractivity contribution in [2.45, 2.75) is 31.9 Å². The number of hydrogen-bond acceptors (Lipinski definition) is 6. The van der Waals surface area contributed by atoms with Crippen LogP contribution >= 0.6 is 11.3 Å². The zero-order valence-corrected chi connectivity index (χ0v) is 14.8. The van der Waals surface area contributed by atoms with Crippen molar-refractivity contribution in [1.82, 2.24) is 10.3 Å². The Labute approximate surface area is 152 Å². The molecule has 1 saturated heterocycles. The fraction of sp³-hybridized carbons (Fsp3) is 0.412. The van der Waals surface area contributed by atoms with E-state index in [0.29, 0.717) is 29.8 Å². The summed E-state index contributed by atoms with van der Waals surface area (Å²) in [6, 6.07) is 3.48. The summed E-state index contributed by atoms with van der Waals surface area (Å²) in [5.41, 5.74) is 2.96. The van der Waals surface area contributed by atoms with Gasteiger partial charge in [0.2, 0.25) is 5.91 Å². The molecule has 138 valence electrons. The van der Waals surface area contributed by atoms with Crippen molar-refractivity contribution in [2.24, 2.45) is 10.9 Å². The molecule has 0 aliphatic carbocycles. The molecule has 1 aromatic heterocycles. The maximum Gasteiger partial charge on any atom is 0.331 e. The van der Waals surface area contributed by atoms with E-state index in [-0.39, 0.29) is 17.9 Å². The molecule has 3 unspecified atom stereocenters. The van der Waals surface area contributed by atoms with Crippen LogP contribution in [0.5, 0.6) is 5.75 Å². The van der Waals surface area contributed by atoms with E-state index in [4.69, 9.17) is 10.1 Å². The lowest BCUT2D eigenvalue weighted by Gasteiger charge is -2.21. The number of nitrogens with zero attached hydrogens (tertiary/aromatic N) is 2. The molecule has 1 aliphatic heterocycles. The van der Waals surface area contributed by atoms with Gasteiger partial charge in [0.1, 0.15) is 11.9 Å². The number of thiazole rings is 1. The largest absolute Gasteiger partial charge is 0.489 e. The molecule has 1 amide bonds. The highest BCUT2D eigenvalue weighted by Gasteiger charge is 2.28. The lowest BCUT2D eigenvalue weighted by molar-refractivity contribution is -0.119. The Morgan fingerprint density at radius 1 is 1.50 bits per heavy atom. The molecule has 0 bridgehead atoms. The number of carbonyl (C=O) groups excluding carboxylic acids is 1. The number of ether oxygens (including phenoxy) is 1. The van der Waals surface area contributed by atoms with Gasteiger partial charge >= 0.3 is 6.55 Å². The molecule has 0 spiro atoms. The Hall–Kier alpha value is -2.42. The van der Waals surface area contributed by atoms with Gasteiger partial charge in [-0.05, 0) is 24.6 Å². The zero-order valence-electron chi connectivity index (χ0n) is 14.0. The molecule has 26 heavy (non-hydrogen) atoms. The van der Waals surface area contributed by atoms with E-state index >= 15 is 0 Å². The summed E-state index contributed by atoms with van der Waals surface area (Å²) < 4.78 is 31.7. The molecule has 2 heterocycles. The lowest BCUT2D eigenvalue weighted by atomic mass is 10.00. The molecule has 0 radical (unpaired) electrons. The van der Waals surface area contributed by atoms with E-state index in [1.54, 1.807) is 17.6 Å². The minimum absolute atomic E-state index is 0.00854. The molecule has 1 aliphatic rings. The second kappa shape index (κ2) is 7.86. The minimum Gasteiger partial charge on any atom is -0.489 e. The summed E-state index contributed by atoms with van der Waals surface area (Å²) in [5.74, 6) is -0.0473. The Balaban J connectivity index is 1.90. The van der Waals surface area contributed by atoms with Gasteiger partial charge in [0.25, 0.3) is 0 Å². The van der Waals surface area contributed by atoms with Crippen LogP contribution in [-0.4, -0.2) is 42.5 Å². The molecule has 2 aromatic rings. The standard InChI is InChI=1S/C17H18F2N4O2S/c1-9(11-4-15(24)21-6-11)25-14-3-10(2-13-16(14)26-8-23-13)12(5-20)7-22-17(18)19/h2-3,5,7-9,11-12,17,20H,4,6H2,1H3,(H,21,24). The fourth-order valence-corrected chi connectivity index (χ4v) is 3.60. The first-order valence-corrected chi connectivity index (χ1v) is 8.98. The van der Waals surface area contributed by atoms with Crippen LogP contribution in [0.25, 0.3) is 10.2 Å². The topological polar surface area (TPSA) is 87.4 Å². The summed E-state index contributed by atoms with van der Waals surface area (Å²) in [7, 11) is 0. The number of hydrogen-bond donors (Lipinski definition) is 2. The van der Waals surface area contributed by atoms with Crippen LogP contribution in [0.2, 0.25) is 0 Å². The Kier molecular flexibility index (Phi) is 5.55. The summed E-state index contributed by atoms with van der Waals surface area (Å²) in [6.45, 7) is -0.351. The number of fused-ring (bicyclic) bond motifs is 1. The van der Waals surface area contributed by atoms with Gasteiger partial charge in [-0.1, -0.05) is 0 Å². The fourth-order valence-electron chi connectivity index (χ4n) is 2.88. The first-order chi connectivity index (χ1) is 12.5. The molecule has 0 saturated carbocycles. The summed E-state index contributed by atoms with van der Waals surface area (Å²) in [4.78, 5) is 18.8. The van der Waals surface area contributed by atoms with Crippen LogP contribution in [0.1, 0.15) is 24.8 Å². The Bertz CT molecular complexity index is 839. The monoisotopic (exact) mass is 380 g/mol. The second-order valence-corrected chi connectivity index (χ2v) is 6.93. The third-order valence-electron chi connectivity index (χ3n) is 4.33. The average Bonchev–Trinajstić information content (AvgIpc) is 3.24. The van der Waals surface area contributed by atoms with Gasteiger partial charge in [-0.25, -0.2) is 9.98 Å². The predicted octanol–water partition coefficient (Wildman–Crippen LogP) is 3.23. The highest BCUT2D eigenvalue weighted by molar-refractivity contribution is 7.17. The van der Waals surface area contributed by atoms with E-state index in [0.717, 1.165) is 17.1 Å². The normalized spacial score (nSPS) is 19.8. The van der Waals surface area contributed by atoms with Gasteiger partial charge < -0.3 is 15.5 Å². The summed E-state index contributed by atoms with van der Waals surface area (Å²) in [5, 5.41) is 10.3. The minimum atomic E-state index is -2.82. The first kappa shape index (κ1) is 18.4. The van der Waals surface area contributed by atoms with Crippen molar-refractivity contribution < 1.29 is 18.3 Å². The molecule has 9 heteroatoms. The van der Waals surface area contributed by atoms with Gasteiger partial charge in [0.05, 0.1) is 21.6 Å². The van der Waals surface area contributed by atoms with Crippen LogP contribution in [0.3, 0.4) is 0 Å². The number of amides is 1. The summed E-state index contributed by atoms with van der Waals surface area (Å²) >= 11 is 1.42. The summed E-state index contributed by atoms with van der Waals surface area (Å²) in [6.07, 6.45) is 2.31. The van der Waals surface area contributed by atoms with E-state index < -0.39 is 12.5 Å². The van der Waals surface area contributed by atoms with E-state index in [9.17, 15) is 13.6 Å². The first-order valence-electron chi connectivity index (χ1n) is 8.10. The molecule has 3 atom stereocenters. The number of aliphatic imine (C=N–C) groups is 1. The maximum absolute atomic E-state index is 12.4. The third-order valence-corrected chi connectivity index (χ3v) is 5.19. The van der Waals surface area contributed by atoms with Crippen molar-refractivity contribution >= 4 is 39.9 Å². The van der Waals surface area contributed by atoms with Crippen LogP contribution in [0, 0.1) is 11.3 Å². The number of nitrogens with one attached hydrogen (secondary N) is 2. The van der Waals surface area contributed by atoms with Crippen LogP contribution in [-0.2, 0) is 4.79 Å². The number of rotatable bonds is 7. The molecule has 1 fully saturated rings. The molecular weight excluding hydrogens is 362 g/mol. The Morgan fingerprint density at radius 2 is 2.31 bits per heavy atom. The number of carbonyl (C=O) groups is 1. The number of alkyl halides is 2. The number of halogens is 2. The third kappa shape index (κ3) is 4.04. The Morgan fingerprint density at radius 3 is 2.96 bits per heavy atom. The van der Waals surface area contributed by atoms with Crippen molar-refractivity contribution in [3.05, 3.63) is 23.2 Å². The van der Waals surface area contributed by atoms with Crippen molar-refractivity contribution in [3.8, 4) is 5.75 Å². The molecule has 1 aromatic carbocycles. The molecule has 6 nitrogen and oxygen atoms in total. The zero-order chi connectivity index (χ0) is 18.7. The van der Waals surface area contributed by atoms with Gasteiger partial charge in [-0.2, -0.15) is 8.78 Å². The van der Waals surface area contributed by atoms with Crippen LogP contribution < -0.4 is 10.1 Å².